The number of ether oxygens (including phenoxy) is 2. The molecular weight excluding hydrogens is 424 g/mol. The number of methoxy groups -OCH3 is 1. The van der Waals surface area contributed by atoms with E-state index < -0.39 is 0 Å². The van der Waals surface area contributed by atoms with Crippen LogP contribution >= 0.6 is 11.8 Å². The maximum atomic E-state index is 12.4. The van der Waals surface area contributed by atoms with Crippen molar-refractivity contribution in [1.29, 1.82) is 0 Å². The number of hydrogen-bond donors (Lipinski definition) is 1. The molecule has 1 amide bonds. The van der Waals surface area contributed by atoms with Crippen LogP contribution in [0.3, 0.4) is 0 Å². The Morgan fingerprint density at radius 1 is 1.16 bits per heavy atom. The lowest BCUT2D eigenvalue weighted by Crippen LogP contribution is -2.15. The lowest BCUT2D eigenvalue weighted by atomic mass is 10.1. The first-order valence-corrected chi connectivity index (χ1v) is 11.2. The smallest absolute Gasteiger partial charge is 0.234 e. The summed E-state index contributed by atoms with van der Waals surface area (Å²) in [6.07, 6.45) is 1.46. The number of thioether (sulfide) groups is 1. The van der Waals surface area contributed by atoms with E-state index in [-0.39, 0.29) is 17.8 Å². The van der Waals surface area contributed by atoms with Crippen molar-refractivity contribution >= 4 is 23.4 Å². The van der Waals surface area contributed by atoms with Crippen molar-refractivity contribution in [3.63, 3.8) is 0 Å². The highest BCUT2D eigenvalue weighted by Crippen LogP contribution is 2.26. The van der Waals surface area contributed by atoms with Gasteiger partial charge >= 0.3 is 0 Å². The molecule has 32 heavy (non-hydrogen) atoms. The van der Waals surface area contributed by atoms with Crippen molar-refractivity contribution in [2.75, 3.05) is 18.2 Å². The monoisotopic (exact) mass is 452 g/mol. The molecule has 0 aliphatic rings. The van der Waals surface area contributed by atoms with Crippen LogP contribution in [0.15, 0.2) is 60.3 Å². The van der Waals surface area contributed by atoms with Crippen LogP contribution in [0.2, 0.25) is 0 Å². The largest absolute Gasteiger partial charge is 0.497 e. The van der Waals surface area contributed by atoms with Crippen LogP contribution in [0, 0.1) is 13.8 Å². The summed E-state index contributed by atoms with van der Waals surface area (Å²) in [5, 5.41) is 12.1. The second kappa shape index (κ2) is 10.9. The van der Waals surface area contributed by atoms with Gasteiger partial charge in [-0.15, -0.1) is 16.8 Å². The van der Waals surface area contributed by atoms with E-state index in [1.54, 1.807) is 37.5 Å². The van der Waals surface area contributed by atoms with E-state index in [0.29, 0.717) is 23.2 Å². The van der Waals surface area contributed by atoms with Gasteiger partial charge < -0.3 is 14.8 Å². The molecule has 0 aliphatic heterocycles. The predicted molar refractivity (Wildman–Crippen MR) is 128 cm³/mol. The minimum atomic E-state index is -0.313. The minimum absolute atomic E-state index is 0.130. The van der Waals surface area contributed by atoms with Crippen molar-refractivity contribution in [3.05, 3.63) is 72.1 Å². The van der Waals surface area contributed by atoms with Gasteiger partial charge in [-0.3, -0.25) is 9.36 Å². The Balaban J connectivity index is 1.65. The fourth-order valence-electron chi connectivity index (χ4n) is 3.05. The molecule has 0 fully saturated rings. The Morgan fingerprint density at radius 3 is 2.53 bits per heavy atom. The molecular formula is C24H28N4O3S. The topological polar surface area (TPSA) is 78.3 Å². The molecule has 0 radical (unpaired) electrons. The highest BCUT2D eigenvalue weighted by atomic mass is 32.2. The Morgan fingerprint density at radius 2 is 1.88 bits per heavy atom. The van der Waals surface area contributed by atoms with Crippen LogP contribution < -0.4 is 14.8 Å². The van der Waals surface area contributed by atoms with Gasteiger partial charge in [0, 0.05) is 12.2 Å². The second-order valence-corrected chi connectivity index (χ2v) is 8.25. The number of nitrogens with zero attached hydrogens (tertiary/aromatic N) is 3. The molecule has 0 saturated carbocycles. The summed E-state index contributed by atoms with van der Waals surface area (Å²) in [6, 6.07) is 13.2. The molecule has 1 unspecified atom stereocenters. The van der Waals surface area contributed by atoms with Gasteiger partial charge in [0.1, 0.15) is 11.5 Å². The molecule has 1 N–H and O–H groups in total. The van der Waals surface area contributed by atoms with Crippen LogP contribution in [0.1, 0.15) is 30.0 Å². The third-order valence-corrected chi connectivity index (χ3v) is 5.88. The predicted octanol–water partition coefficient (Wildman–Crippen LogP) is 4.96. The number of aryl methyl sites for hydroxylation is 2. The molecule has 7 nitrogen and oxygen atoms in total. The zero-order valence-electron chi connectivity index (χ0n) is 18.8. The molecule has 0 saturated heterocycles. The number of carbonyl (C=O) groups excluding carboxylic acids is 1. The first kappa shape index (κ1) is 23.4. The second-order valence-electron chi connectivity index (χ2n) is 7.31. The molecule has 3 rings (SSSR count). The zero-order chi connectivity index (χ0) is 23.1. The van der Waals surface area contributed by atoms with Crippen LogP contribution in [0.4, 0.5) is 5.69 Å². The molecule has 1 heterocycles. The van der Waals surface area contributed by atoms with Gasteiger partial charge in [-0.1, -0.05) is 23.9 Å². The van der Waals surface area contributed by atoms with Crippen LogP contribution in [-0.4, -0.2) is 33.5 Å². The highest BCUT2D eigenvalue weighted by Gasteiger charge is 2.20. The van der Waals surface area contributed by atoms with Crippen molar-refractivity contribution in [2.24, 2.45) is 0 Å². The van der Waals surface area contributed by atoms with E-state index in [1.165, 1.54) is 22.9 Å². The van der Waals surface area contributed by atoms with Crippen LogP contribution in [0.25, 0.3) is 0 Å². The van der Waals surface area contributed by atoms with Gasteiger partial charge in [0.25, 0.3) is 0 Å². The molecule has 2 aromatic carbocycles. The first-order valence-electron chi connectivity index (χ1n) is 10.3. The summed E-state index contributed by atoms with van der Waals surface area (Å²) in [5.41, 5.74) is 3.09. The van der Waals surface area contributed by atoms with E-state index >= 15 is 0 Å². The summed E-state index contributed by atoms with van der Waals surface area (Å²) in [7, 11) is 1.60. The standard InChI is InChI=1S/C24H28N4O3S/c1-6-13-28-23(18(4)31-21-10-7-16(2)17(3)14-21)26-27-24(28)32-15-22(29)25-19-8-11-20(30-5)12-9-19/h6-12,14,18H,1,13,15H2,2-5H3,(H,25,29). The molecule has 0 spiro atoms. The maximum Gasteiger partial charge on any atom is 0.234 e. The van der Waals surface area contributed by atoms with Gasteiger partial charge in [0.05, 0.1) is 12.9 Å². The SMILES string of the molecule is C=CCn1c(SCC(=O)Nc2ccc(OC)cc2)nnc1C(C)Oc1ccc(C)c(C)c1. The Labute approximate surface area is 192 Å². The summed E-state index contributed by atoms with van der Waals surface area (Å²) in [4.78, 5) is 12.4. The number of rotatable bonds is 10. The van der Waals surface area contributed by atoms with E-state index in [4.69, 9.17) is 9.47 Å². The average molecular weight is 453 g/mol. The summed E-state index contributed by atoms with van der Waals surface area (Å²) >= 11 is 1.32. The number of nitrogens with one attached hydrogen (secondary N) is 1. The lowest BCUT2D eigenvalue weighted by molar-refractivity contribution is -0.113. The number of anilines is 1. The summed E-state index contributed by atoms with van der Waals surface area (Å²) in [6.45, 7) is 10.4. The van der Waals surface area contributed by atoms with Crippen molar-refractivity contribution in [3.8, 4) is 11.5 Å². The molecule has 3 aromatic rings. The normalized spacial score (nSPS) is 11.6. The highest BCUT2D eigenvalue weighted by molar-refractivity contribution is 7.99. The van der Waals surface area contributed by atoms with Crippen LogP contribution in [0.5, 0.6) is 11.5 Å². The number of benzene rings is 2. The first-order chi connectivity index (χ1) is 15.4. The van der Waals surface area contributed by atoms with E-state index in [0.717, 1.165) is 11.5 Å². The van der Waals surface area contributed by atoms with Gasteiger partial charge in [0.2, 0.25) is 5.91 Å². The third-order valence-electron chi connectivity index (χ3n) is 4.92. The number of allylic oxidation sites excluding steroid dienone is 1. The Kier molecular flexibility index (Phi) is 7.94. The van der Waals surface area contributed by atoms with Gasteiger partial charge in [-0.2, -0.15) is 0 Å². The maximum absolute atomic E-state index is 12.4. The average Bonchev–Trinajstić information content (AvgIpc) is 3.18. The minimum Gasteiger partial charge on any atom is -0.497 e. The Hall–Kier alpha value is -3.26. The van der Waals surface area contributed by atoms with Crippen molar-refractivity contribution < 1.29 is 14.3 Å². The number of aromatic nitrogens is 3. The van der Waals surface area contributed by atoms with E-state index in [2.05, 4.69) is 35.9 Å². The molecule has 168 valence electrons. The molecule has 1 aromatic heterocycles. The number of carbonyl (C=O) groups is 1. The van der Waals surface area contributed by atoms with Crippen LogP contribution in [-0.2, 0) is 11.3 Å². The fourth-order valence-corrected chi connectivity index (χ4v) is 3.81. The molecule has 0 aliphatic carbocycles. The number of amides is 1. The molecule has 8 heteroatoms. The quantitative estimate of drug-likeness (QED) is 0.346. The number of hydrogen-bond acceptors (Lipinski definition) is 6. The zero-order valence-corrected chi connectivity index (χ0v) is 19.6. The molecule has 1 atom stereocenters. The third kappa shape index (κ3) is 5.91. The van der Waals surface area contributed by atoms with Gasteiger partial charge in [-0.25, -0.2) is 0 Å². The Bertz CT molecular complexity index is 1080. The molecule has 0 bridgehead atoms. The lowest BCUT2D eigenvalue weighted by Gasteiger charge is -2.16. The van der Waals surface area contributed by atoms with E-state index in [1.807, 2.05) is 29.7 Å². The summed E-state index contributed by atoms with van der Waals surface area (Å²) in [5.74, 6) is 2.27. The van der Waals surface area contributed by atoms with E-state index in [9.17, 15) is 4.79 Å². The summed E-state index contributed by atoms with van der Waals surface area (Å²) < 4.78 is 13.2. The van der Waals surface area contributed by atoms with Crippen molar-refractivity contribution in [2.45, 2.75) is 38.6 Å². The van der Waals surface area contributed by atoms with Gasteiger partial charge in [-0.05, 0) is 68.3 Å². The van der Waals surface area contributed by atoms with Gasteiger partial charge in [0.15, 0.2) is 17.1 Å². The fraction of sp³-hybridized carbons (Fsp3) is 0.292. The van der Waals surface area contributed by atoms with Crippen molar-refractivity contribution in [1.82, 2.24) is 14.8 Å².